The van der Waals surface area contributed by atoms with Crippen LogP contribution in [0.25, 0.3) is 11.6 Å². The van der Waals surface area contributed by atoms with Gasteiger partial charge in [0.15, 0.2) is 5.76 Å². The van der Waals surface area contributed by atoms with Crippen molar-refractivity contribution in [3.63, 3.8) is 0 Å². The molecule has 158 valence electrons. The number of nitrogens with zero attached hydrogens (tertiary/aromatic N) is 2. The Bertz CT molecular complexity index is 1190. The van der Waals surface area contributed by atoms with Gasteiger partial charge in [-0.1, -0.05) is 35.5 Å². The normalized spacial score (nSPS) is 11.3. The predicted molar refractivity (Wildman–Crippen MR) is 102 cm³/mol. The molecule has 31 heavy (non-hydrogen) atoms. The molecule has 2 aromatic heterocycles. The summed E-state index contributed by atoms with van der Waals surface area (Å²) in [6.07, 6.45) is -3.25. The molecule has 0 bridgehead atoms. The van der Waals surface area contributed by atoms with Gasteiger partial charge in [-0.25, -0.2) is 0 Å². The Morgan fingerprint density at radius 3 is 2.58 bits per heavy atom. The minimum Gasteiger partial charge on any atom is -0.461 e. The predicted octanol–water partition coefficient (Wildman–Crippen LogP) is 5.07. The molecule has 0 atom stereocenters. The van der Waals surface area contributed by atoms with Crippen LogP contribution in [0.5, 0.6) is 5.75 Å². The summed E-state index contributed by atoms with van der Waals surface area (Å²) in [6.45, 7) is 0. The number of amides is 1. The van der Waals surface area contributed by atoms with Crippen molar-refractivity contribution in [3.8, 4) is 17.3 Å². The third-order valence-electron chi connectivity index (χ3n) is 4.17. The van der Waals surface area contributed by atoms with Gasteiger partial charge < -0.3 is 19.0 Å². The molecule has 4 rings (SSSR count). The van der Waals surface area contributed by atoms with Gasteiger partial charge in [0.05, 0.1) is 18.2 Å². The van der Waals surface area contributed by atoms with Crippen molar-refractivity contribution in [2.75, 3.05) is 5.32 Å². The van der Waals surface area contributed by atoms with Gasteiger partial charge in [0.2, 0.25) is 11.7 Å². The zero-order valence-corrected chi connectivity index (χ0v) is 15.7. The van der Waals surface area contributed by atoms with Crippen LogP contribution in [0.3, 0.4) is 0 Å². The van der Waals surface area contributed by atoms with Gasteiger partial charge in [-0.3, -0.25) is 4.79 Å². The zero-order chi connectivity index (χ0) is 21.8. The number of hydrogen-bond donors (Lipinski definition) is 1. The summed E-state index contributed by atoms with van der Waals surface area (Å²) in [7, 11) is 0. The molecule has 0 radical (unpaired) electrons. The van der Waals surface area contributed by atoms with Gasteiger partial charge in [0.25, 0.3) is 5.91 Å². The molecule has 0 saturated heterocycles. The molecule has 0 fully saturated rings. The first-order valence-corrected chi connectivity index (χ1v) is 8.99. The lowest BCUT2D eigenvalue weighted by Crippen LogP contribution is -2.21. The number of rotatable bonds is 6. The first-order chi connectivity index (χ1) is 14.9. The average molecular weight is 429 g/mol. The van der Waals surface area contributed by atoms with Crippen molar-refractivity contribution < 1.29 is 31.6 Å². The third-order valence-corrected chi connectivity index (χ3v) is 4.17. The van der Waals surface area contributed by atoms with E-state index < -0.39 is 18.0 Å². The quantitative estimate of drug-likeness (QED) is 0.460. The minimum absolute atomic E-state index is 0.185. The largest absolute Gasteiger partial charge is 0.573 e. The molecule has 10 heteroatoms. The summed E-state index contributed by atoms with van der Waals surface area (Å²) in [5.41, 5.74) is 0.749. The molecule has 7 nitrogen and oxygen atoms in total. The summed E-state index contributed by atoms with van der Waals surface area (Å²) in [5, 5.41) is 6.46. The fourth-order valence-corrected chi connectivity index (χ4v) is 2.85. The van der Waals surface area contributed by atoms with Gasteiger partial charge in [0.1, 0.15) is 5.75 Å². The molecule has 1 N–H and O–H groups in total. The van der Waals surface area contributed by atoms with E-state index >= 15 is 0 Å². The number of aromatic nitrogens is 2. The number of alkyl halides is 3. The third kappa shape index (κ3) is 4.92. The Morgan fingerprint density at radius 1 is 1.03 bits per heavy atom. The maximum atomic E-state index is 12.7. The maximum Gasteiger partial charge on any atom is 0.573 e. The van der Waals surface area contributed by atoms with Gasteiger partial charge in [-0.2, -0.15) is 4.98 Å². The zero-order valence-electron chi connectivity index (χ0n) is 15.7. The summed E-state index contributed by atoms with van der Waals surface area (Å²) in [5.74, 6) is -0.356. The van der Waals surface area contributed by atoms with Crippen LogP contribution in [0.15, 0.2) is 75.9 Å². The van der Waals surface area contributed by atoms with Crippen LogP contribution in [-0.2, 0) is 6.42 Å². The lowest BCUT2D eigenvalue weighted by Gasteiger charge is -2.14. The smallest absolute Gasteiger partial charge is 0.461 e. The second-order valence-corrected chi connectivity index (χ2v) is 6.32. The van der Waals surface area contributed by atoms with Crippen molar-refractivity contribution in [1.29, 1.82) is 0 Å². The second-order valence-electron chi connectivity index (χ2n) is 6.32. The highest BCUT2D eigenvalue weighted by molar-refractivity contribution is 6.06. The topological polar surface area (TPSA) is 90.4 Å². The van der Waals surface area contributed by atoms with Crippen molar-refractivity contribution in [2.24, 2.45) is 0 Å². The van der Waals surface area contributed by atoms with E-state index in [1.807, 2.05) is 0 Å². The highest BCUT2D eigenvalue weighted by Crippen LogP contribution is 2.28. The van der Waals surface area contributed by atoms with E-state index in [4.69, 9.17) is 8.94 Å². The SMILES string of the molecule is O=C(Nc1ccccc1Cc1nc(-c2ccco2)no1)c1ccccc1OC(F)(F)F. The number of para-hydroxylation sites is 2. The molecule has 2 aromatic carbocycles. The summed E-state index contributed by atoms with van der Waals surface area (Å²) in [4.78, 5) is 16.9. The Labute approximate surface area is 173 Å². The molecule has 0 aliphatic heterocycles. The van der Waals surface area contributed by atoms with Crippen LogP contribution >= 0.6 is 0 Å². The number of nitrogens with one attached hydrogen (secondary N) is 1. The highest BCUT2D eigenvalue weighted by Gasteiger charge is 2.33. The van der Waals surface area contributed by atoms with Crippen LogP contribution < -0.4 is 10.1 Å². The Hall–Kier alpha value is -4.08. The molecule has 2 heterocycles. The van der Waals surface area contributed by atoms with Crippen LogP contribution in [0.1, 0.15) is 21.8 Å². The van der Waals surface area contributed by atoms with Gasteiger partial charge in [0, 0.05) is 5.69 Å². The Morgan fingerprint density at radius 2 is 1.81 bits per heavy atom. The monoisotopic (exact) mass is 429 g/mol. The molecular formula is C21H14F3N3O4. The highest BCUT2D eigenvalue weighted by atomic mass is 19.4. The molecule has 1 amide bonds. The summed E-state index contributed by atoms with van der Waals surface area (Å²) < 4.78 is 52.3. The molecule has 0 spiro atoms. The van der Waals surface area contributed by atoms with Gasteiger partial charge in [-0.05, 0) is 35.9 Å². The number of halogens is 3. The van der Waals surface area contributed by atoms with Gasteiger partial charge >= 0.3 is 6.36 Å². The number of hydrogen-bond acceptors (Lipinski definition) is 6. The van der Waals surface area contributed by atoms with E-state index in [1.165, 1.54) is 24.5 Å². The van der Waals surface area contributed by atoms with Crippen LogP contribution in [0.2, 0.25) is 0 Å². The Balaban J connectivity index is 1.54. The first kappa shape index (κ1) is 20.2. The van der Waals surface area contributed by atoms with Crippen molar-refractivity contribution >= 4 is 11.6 Å². The number of carbonyl (C=O) groups excluding carboxylic acids is 1. The van der Waals surface area contributed by atoms with Crippen molar-refractivity contribution in [2.45, 2.75) is 12.8 Å². The molecule has 4 aromatic rings. The number of carbonyl (C=O) groups is 1. The number of ether oxygens (including phenoxy) is 1. The van der Waals surface area contributed by atoms with E-state index in [2.05, 4.69) is 20.2 Å². The number of furan rings is 1. The summed E-state index contributed by atoms with van der Waals surface area (Å²) >= 11 is 0. The lowest BCUT2D eigenvalue weighted by molar-refractivity contribution is -0.274. The Kier molecular flexibility index (Phi) is 5.44. The second kappa shape index (κ2) is 8.34. The van der Waals surface area contributed by atoms with E-state index in [0.29, 0.717) is 17.0 Å². The van der Waals surface area contributed by atoms with E-state index in [1.54, 1.807) is 36.4 Å². The molecule has 0 aliphatic rings. The molecule has 0 saturated carbocycles. The molecule has 0 unspecified atom stereocenters. The first-order valence-electron chi connectivity index (χ1n) is 8.99. The molecular weight excluding hydrogens is 415 g/mol. The van der Waals surface area contributed by atoms with E-state index in [0.717, 1.165) is 6.07 Å². The van der Waals surface area contributed by atoms with E-state index in [-0.39, 0.29) is 23.7 Å². The minimum atomic E-state index is -4.92. The van der Waals surface area contributed by atoms with Crippen LogP contribution in [0.4, 0.5) is 18.9 Å². The van der Waals surface area contributed by atoms with Crippen molar-refractivity contribution in [3.05, 3.63) is 83.9 Å². The standard InChI is InChI=1S/C21H14F3N3O4/c22-21(23,24)30-16-9-4-2-7-14(16)20(28)25-15-8-3-1-6-13(15)12-18-26-19(27-31-18)17-10-5-11-29-17/h1-11H,12H2,(H,25,28). The lowest BCUT2D eigenvalue weighted by atomic mass is 10.1. The molecule has 0 aliphatic carbocycles. The number of anilines is 1. The van der Waals surface area contributed by atoms with Gasteiger partial charge in [-0.15, -0.1) is 13.2 Å². The summed E-state index contributed by atoms with van der Waals surface area (Å²) in [6, 6.07) is 15.2. The fraction of sp³-hybridized carbons (Fsp3) is 0.0952. The van der Waals surface area contributed by atoms with Crippen LogP contribution in [0, 0.1) is 0 Å². The maximum absolute atomic E-state index is 12.7. The van der Waals surface area contributed by atoms with E-state index in [9.17, 15) is 18.0 Å². The average Bonchev–Trinajstić information content (AvgIpc) is 3.40. The fourth-order valence-electron chi connectivity index (χ4n) is 2.85. The number of benzene rings is 2. The van der Waals surface area contributed by atoms with Crippen LogP contribution in [-0.4, -0.2) is 22.4 Å². The van der Waals surface area contributed by atoms with Crippen molar-refractivity contribution in [1.82, 2.24) is 10.1 Å².